The number of hydrogen-bond acceptors (Lipinski definition) is 6. The smallest absolute Gasteiger partial charge is 0.267 e. The van der Waals surface area contributed by atoms with E-state index < -0.39 is 6.10 Å². The first-order chi connectivity index (χ1) is 14.1. The molecule has 29 heavy (non-hydrogen) atoms. The Bertz CT molecular complexity index is 862. The molecule has 2 N–H and O–H groups in total. The predicted molar refractivity (Wildman–Crippen MR) is 112 cm³/mol. The van der Waals surface area contributed by atoms with E-state index in [-0.39, 0.29) is 11.6 Å². The minimum Gasteiger partial charge on any atom is -0.465 e. The van der Waals surface area contributed by atoms with Crippen LogP contribution in [-0.2, 0) is 6.54 Å². The highest BCUT2D eigenvalue weighted by atomic mass is 16.3. The van der Waals surface area contributed by atoms with Gasteiger partial charge in [-0.1, -0.05) is 12.8 Å². The number of aryl methyl sites for hydroxylation is 1. The summed E-state index contributed by atoms with van der Waals surface area (Å²) in [5.74, 6) is 2.71. The van der Waals surface area contributed by atoms with Crippen molar-refractivity contribution in [3.05, 3.63) is 46.1 Å². The van der Waals surface area contributed by atoms with Crippen molar-refractivity contribution in [2.75, 3.05) is 18.0 Å². The van der Waals surface area contributed by atoms with Crippen molar-refractivity contribution in [3.8, 4) is 0 Å². The van der Waals surface area contributed by atoms with Crippen LogP contribution >= 0.6 is 0 Å². The van der Waals surface area contributed by atoms with E-state index >= 15 is 0 Å². The Hall–Kier alpha value is -2.12. The Morgan fingerprint density at radius 1 is 1.14 bits per heavy atom. The second-order valence-electron chi connectivity index (χ2n) is 8.38. The topological polar surface area (TPSA) is 83.5 Å². The standard InChI is InChI=1S/C22H32N4O3/c1-16-9-10-18(29-16)15-23-14-17-6-4-5-13-25(17)21-11-12-22(28)26(24-21)19-7-2-3-8-20(19)27/h9-12,17,19-20,23,27H,2-8,13-15H2,1H3. The van der Waals surface area contributed by atoms with Crippen LogP contribution < -0.4 is 15.8 Å². The van der Waals surface area contributed by atoms with E-state index in [0.29, 0.717) is 12.6 Å². The quantitative estimate of drug-likeness (QED) is 0.776. The maximum Gasteiger partial charge on any atom is 0.267 e. The molecule has 3 unspecified atom stereocenters. The lowest BCUT2D eigenvalue weighted by Gasteiger charge is -2.37. The van der Waals surface area contributed by atoms with Gasteiger partial charge in [0.1, 0.15) is 17.3 Å². The van der Waals surface area contributed by atoms with Crippen LogP contribution in [-0.4, -0.2) is 40.1 Å². The van der Waals surface area contributed by atoms with Gasteiger partial charge in [-0.3, -0.25) is 4.79 Å². The van der Waals surface area contributed by atoms with E-state index in [1.54, 1.807) is 6.07 Å². The minimum atomic E-state index is -0.486. The van der Waals surface area contributed by atoms with Gasteiger partial charge in [0.25, 0.3) is 5.56 Å². The molecule has 7 heteroatoms. The summed E-state index contributed by atoms with van der Waals surface area (Å²) in [6.07, 6.45) is 6.53. The third kappa shape index (κ3) is 4.73. The number of anilines is 1. The zero-order valence-electron chi connectivity index (χ0n) is 17.2. The number of nitrogens with one attached hydrogen (secondary N) is 1. The lowest BCUT2D eigenvalue weighted by molar-refractivity contribution is 0.0669. The first-order valence-electron chi connectivity index (χ1n) is 10.9. The molecule has 2 aromatic heterocycles. The molecule has 158 valence electrons. The summed E-state index contributed by atoms with van der Waals surface area (Å²) in [6, 6.07) is 7.55. The molecule has 0 aromatic carbocycles. The maximum atomic E-state index is 12.5. The average Bonchev–Trinajstić information content (AvgIpc) is 3.14. The summed E-state index contributed by atoms with van der Waals surface area (Å²) in [7, 11) is 0. The van der Waals surface area contributed by atoms with E-state index in [0.717, 1.165) is 69.0 Å². The number of rotatable bonds is 6. The first kappa shape index (κ1) is 20.2. The molecule has 0 bridgehead atoms. The summed E-state index contributed by atoms with van der Waals surface area (Å²) < 4.78 is 7.17. The van der Waals surface area contributed by atoms with Gasteiger partial charge in [0.2, 0.25) is 0 Å². The minimum absolute atomic E-state index is 0.125. The van der Waals surface area contributed by atoms with Crippen molar-refractivity contribution in [2.45, 2.75) is 76.6 Å². The van der Waals surface area contributed by atoms with E-state index in [1.165, 1.54) is 11.1 Å². The SMILES string of the molecule is Cc1ccc(CNCC2CCCCN2c2ccc(=O)n(C3CCCCC3O)n2)o1. The van der Waals surface area contributed by atoms with Gasteiger partial charge in [-0.25, -0.2) is 4.68 Å². The fraction of sp³-hybridized carbons (Fsp3) is 0.636. The van der Waals surface area contributed by atoms with Gasteiger partial charge < -0.3 is 19.7 Å². The number of nitrogens with zero attached hydrogens (tertiary/aromatic N) is 3. The predicted octanol–water partition coefficient (Wildman–Crippen LogP) is 2.77. The van der Waals surface area contributed by atoms with Gasteiger partial charge in [0.05, 0.1) is 18.7 Å². The Balaban J connectivity index is 1.47. The Morgan fingerprint density at radius 2 is 1.97 bits per heavy atom. The zero-order chi connectivity index (χ0) is 20.2. The Kier molecular flexibility index (Phi) is 6.35. The lowest BCUT2D eigenvalue weighted by atomic mass is 9.93. The second kappa shape index (κ2) is 9.13. The van der Waals surface area contributed by atoms with Gasteiger partial charge in [0.15, 0.2) is 0 Å². The van der Waals surface area contributed by atoms with Gasteiger partial charge in [-0.2, -0.15) is 5.10 Å². The van der Waals surface area contributed by atoms with E-state index in [9.17, 15) is 9.90 Å². The van der Waals surface area contributed by atoms with Crippen LogP contribution in [0.15, 0.2) is 33.5 Å². The molecule has 1 aliphatic heterocycles. The van der Waals surface area contributed by atoms with Crippen molar-refractivity contribution < 1.29 is 9.52 Å². The maximum absolute atomic E-state index is 12.5. The summed E-state index contributed by atoms with van der Waals surface area (Å²) >= 11 is 0. The van der Waals surface area contributed by atoms with Crippen molar-refractivity contribution in [2.24, 2.45) is 0 Å². The molecule has 7 nitrogen and oxygen atoms in total. The summed E-state index contributed by atoms with van der Waals surface area (Å²) in [4.78, 5) is 14.8. The van der Waals surface area contributed by atoms with Crippen LogP contribution in [0.3, 0.4) is 0 Å². The first-order valence-corrected chi connectivity index (χ1v) is 10.9. The molecule has 1 aliphatic carbocycles. The van der Waals surface area contributed by atoms with E-state index in [4.69, 9.17) is 9.52 Å². The fourth-order valence-corrected chi connectivity index (χ4v) is 4.64. The van der Waals surface area contributed by atoms with Crippen LogP contribution in [0.4, 0.5) is 5.82 Å². The van der Waals surface area contributed by atoms with Crippen LogP contribution in [0.1, 0.15) is 62.5 Å². The highest BCUT2D eigenvalue weighted by Crippen LogP contribution is 2.28. The van der Waals surface area contributed by atoms with Gasteiger partial charge in [-0.15, -0.1) is 0 Å². The molecule has 1 saturated heterocycles. The Morgan fingerprint density at radius 3 is 2.76 bits per heavy atom. The molecule has 0 amide bonds. The molecule has 3 atom stereocenters. The fourth-order valence-electron chi connectivity index (χ4n) is 4.64. The van der Waals surface area contributed by atoms with Gasteiger partial charge in [-0.05, 0) is 57.2 Å². The Labute approximate surface area is 171 Å². The highest BCUT2D eigenvalue weighted by molar-refractivity contribution is 5.39. The molecule has 2 fully saturated rings. The summed E-state index contributed by atoms with van der Waals surface area (Å²) in [5, 5.41) is 18.6. The number of aliphatic hydroxyl groups excluding tert-OH is 1. The van der Waals surface area contributed by atoms with Crippen LogP contribution in [0, 0.1) is 6.92 Å². The lowest BCUT2D eigenvalue weighted by Crippen LogP contribution is -2.47. The number of hydrogen-bond donors (Lipinski definition) is 2. The van der Waals surface area contributed by atoms with Crippen molar-refractivity contribution in [3.63, 3.8) is 0 Å². The molecule has 2 aromatic rings. The second-order valence-corrected chi connectivity index (χ2v) is 8.38. The monoisotopic (exact) mass is 400 g/mol. The van der Waals surface area contributed by atoms with E-state index in [1.807, 2.05) is 25.1 Å². The van der Waals surface area contributed by atoms with Gasteiger partial charge in [0, 0.05) is 25.2 Å². The number of aliphatic hydroxyl groups is 1. The molecule has 1 saturated carbocycles. The molecule has 2 aliphatic rings. The highest BCUT2D eigenvalue weighted by Gasteiger charge is 2.28. The molecule has 0 radical (unpaired) electrons. The summed E-state index contributed by atoms with van der Waals surface area (Å²) in [5.41, 5.74) is -0.125. The van der Waals surface area contributed by atoms with Crippen molar-refractivity contribution >= 4 is 5.82 Å². The molecular weight excluding hydrogens is 368 g/mol. The largest absolute Gasteiger partial charge is 0.465 e. The number of aromatic nitrogens is 2. The van der Waals surface area contributed by atoms with Crippen molar-refractivity contribution in [1.29, 1.82) is 0 Å². The molecular formula is C22H32N4O3. The van der Waals surface area contributed by atoms with Gasteiger partial charge >= 0.3 is 0 Å². The molecule has 0 spiro atoms. The number of furan rings is 1. The van der Waals surface area contributed by atoms with Crippen LogP contribution in [0.25, 0.3) is 0 Å². The van der Waals surface area contributed by atoms with Crippen molar-refractivity contribution in [1.82, 2.24) is 15.1 Å². The third-order valence-corrected chi connectivity index (χ3v) is 6.22. The average molecular weight is 401 g/mol. The molecule has 4 rings (SSSR count). The normalized spacial score (nSPS) is 25.3. The van der Waals surface area contributed by atoms with Crippen LogP contribution in [0.5, 0.6) is 0 Å². The number of piperidine rings is 1. The van der Waals surface area contributed by atoms with E-state index in [2.05, 4.69) is 10.2 Å². The zero-order valence-corrected chi connectivity index (χ0v) is 17.2. The molecule has 3 heterocycles. The third-order valence-electron chi connectivity index (χ3n) is 6.22. The summed E-state index contributed by atoms with van der Waals surface area (Å²) in [6.45, 7) is 4.44. The van der Waals surface area contributed by atoms with Crippen LogP contribution in [0.2, 0.25) is 0 Å².